The minimum Gasteiger partial charge on any atom is -0.354 e. The molecule has 0 unspecified atom stereocenters. The van der Waals surface area contributed by atoms with Crippen LogP contribution in [0, 0.1) is 0 Å². The van der Waals surface area contributed by atoms with E-state index >= 15 is 0 Å². The molecule has 0 atom stereocenters. The monoisotopic (exact) mass is 284 g/mol. The van der Waals surface area contributed by atoms with Gasteiger partial charge in [0, 0.05) is 17.6 Å². The largest absolute Gasteiger partial charge is 0.354 e. The van der Waals surface area contributed by atoms with Crippen LogP contribution in [0.4, 0.5) is 0 Å². The van der Waals surface area contributed by atoms with Gasteiger partial charge in [-0.2, -0.15) is 0 Å². The molecule has 0 aliphatic carbocycles. The highest BCUT2D eigenvalue weighted by Crippen LogP contribution is 2.25. The van der Waals surface area contributed by atoms with E-state index in [-0.39, 0.29) is 5.91 Å². The van der Waals surface area contributed by atoms with Crippen molar-refractivity contribution in [2.75, 3.05) is 13.1 Å². The second-order valence-electron chi connectivity index (χ2n) is 4.18. The van der Waals surface area contributed by atoms with Crippen LogP contribution in [0.1, 0.15) is 19.4 Å². The van der Waals surface area contributed by atoms with Crippen LogP contribution in [0.15, 0.2) is 28.7 Å². The minimum atomic E-state index is -0.543. The second kappa shape index (κ2) is 5.46. The third-order valence-corrected chi connectivity index (χ3v) is 3.04. The van der Waals surface area contributed by atoms with Crippen LogP contribution < -0.4 is 11.1 Å². The molecule has 16 heavy (non-hydrogen) atoms. The van der Waals surface area contributed by atoms with Gasteiger partial charge in [0.15, 0.2) is 0 Å². The van der Waals surface area contributed by atoms with Crippen LogP contribution >= 0.6 is 15.9 Å². The van der Waals surface area contributed by atoms with E-state index < -0.39 is 5.41 Å². The van der Waals surface area contributed by atoms with Gasteiger partial charge in [-0.15, -0.1) is 0 Å². The van der Waals surface area contributed by atoms with Gasteiger partial charge < -0.3 is 11.1 Å². The van der Waals surface area contributed by atoms with Gasteiger partial charge in [-0.05, 0) is 31.5 Å². The Morgan fingerprint density at radius 2 is 2.19 bits per heavy atom. The minimum absolute atomic E-state index is 0.00366. The number of carbonyl (C=O) groups excluding carboxylic acids is 1. The Morgan fingerprint density at radius 3 is 2.75 bits per heavy atom. The number of benzene rings is 1. The zero-order valence-corrected chi connectivity index (χ0v) is 11.2. The van der Waals surface area contributed by atoms with Gasteiger partial charge in [-0.25, -0.2) is 0 Å². The predicted molar refractivity (Wildman–Crippen MR) is 69.2 cm³/mol. The Balaban J connectivity index is 2.88. The Kier molecular flexibility index (Phi) is 4.50. The fraction of sp³-hybridized carbons (Fsp3) is 0.417. The Labute approximate surface area is 105 Å². The molecule has 0 fully saturated rings. The summed E-state index contributed by atoms with van der Waals surface area (Å²) in [6, 6.07) is 7.78. The first kappa shape index (κ1) is 13.2. The summed E-state index contributed by atoms with van der Waals surface area (Å²) in [5, 5.41) is 2.81. The average Bonchev–Trinajstić information content (AvgIpc) is 2.25. The van der Waals surface area contributed by atoms with Crippen molar-refractivity contribution in [2.24, 2.45) is 5.73 Å². The van der Waals surface area contributed by atoms with E-state index in [2.05, 4.69) is 21.2 Å². The van der Waals surface area contributed by atoms with E-state index in [0.29, 0.717) is 13.1 Å². The van der Waals surface area contributed by atoms with Crippen molar-refractivity contribution in [3.8, 4) is 0 Å². The van der Waals surface area contributed by atoms with Crippen LogP contribution in [0.2, 0.25) is 0 Å². The molecule has 0 spiro atoms. The van der Waals surface area contributed by atoms with Gasteiger partial charge in [0.05, 0.1) is 5.41 Å². The second-order valence-corrected chi connectivity index (χ2v) is 5.10. The molecule has 0 saturated carbocycles. The van der Waals surface area contributed by atoms with Crippen LogP contribution in [-0.2, 0) is 10.2 Å². The zero-order chi connectivity index (χ0) is 12.2. The number of hydrogen-bond donors (Lipinski definition) is 2. The van der Waals surface area contributed by atoms with E-state index in [9.17, 15) is 4.79 Å². The Morgan fingerprint density at radius 1 is 1.50 bits per heavy atom. The number of rotatable bonds is 4. The maximum atomic E-state index is 12.0. The lowest BCUT2D eigenvalue weighted by Crippen LogP contribution is -2.42. The molecule has 1 rings (SSSR count). The zero-order valence-electron chi connectivity index (χ0n) is 9.59. The van der Waals surface area contributed by atoms with E-state index in [1.165, 1.54) is 0 Å². The Hall–Kier alpha value is -0.870. The van der Waals surface area contributed by atoms with Crippen molar-refractivity contribution in [1.82, 2.24) is 5.32 Å². The van der Waals surface area contributed by atoms with Crippen molar-refractivity contribution in [2.45, 2.75) is 19.3 Å². The summed E-state index contributed by atoms with van der Waals surface area (Å²) >= 11 is 3.40. The SMILES string of the molecule is CC(C)(C(=O)NCCN)c1cccc(Br)c1. The third-order valence-electron chi connectivity index (χ3n) is 2.54. The fourth-order valence-corrected chi connectivity index (χ4v) is 1.81. The van der Waals surface area contributed by atoms with Gasteiger partial charge in [-0.3, -0.25) is 4.79 Å². The first-order valence-electron chi connectivity index (χ1n) is 5.23. The molecule has 1 aromatic carbocycles. The quantitative estimate of drug-likeness (QED) is 0.886. The van der Waals surface area contributed by atoms with Gasteiger partial charge in [0.2, 0.25) is 5.91 Å². The maximum Gasteiger partial charge on any atom is 0.230 e. The first-order valence-corrected chi connectivity index (χ1v) is 6.02. The topological polar surface area (TPSA) is 55.1 Å². The van der Waals surface area contributed by atoms with E-state index in [0.717, 1.165) is 10.0 Å². The first-order chi connectivity index (χ1) is 7.48. The van der Waals surface area contributed by atoms with Crippen LogP contribution in [-0.4, -0.2) is 19.0 Å². The normalized spacial score (nSPS) is 11.2. The summed E-state index contributed by atoms with van der Waals surface area (Å²) < 4.78 is 0.977. The van der Waals surface area contributed by atoms with Crippen LogP contribution in [0.3, 0.4) is 0 Å². The summed E-state index contributed by atoms with van der Waals surface area (Å²) in [4.78, 5) is 12.0. The summed E-state index contributed by atoms with van der Waals surface area (Å²) in [6.45, 7) is 4.78. The lowest BCUT2D eigenvalue weighted by atomic mass is 9.84. The molecule has 0 heterocycles. The summed E-state index contributed by atoms with van der Waals surface area (Å²) in [5.74, 6) is -0.00366. The number of carbonyl (C=O) groups is 1. The van der Waals surface area contributed by atoms with Crippen molar-refractivity contribution in [1.29, 1.82) is 0 Å². The molecule has 0 saturated heterocycles. The predicted octanol–water partition coefficient (Wildman–Crippen LogP) is 1.80. The van der Waals surface area contributed by atoms with Crippen molar-refractivity contribution in [3.63, 3.8) is 0 Å². The fourth-order valence-electron chi connectivity index (χ4n) is 1.42. The smallest absolute Gasteiger partial charge is 0.230 e. The van der Waals surface area contributed by atoms with E-state index in [1.54, 1.807) is 0 Å². The number of nitrogens with one attached hydrogen (secondary N) is 1. The molecule has 1 amide bonds. The standard InChI is InChI=1S/C12H17BrN2O/c1-12(2,11(16)15-7-6-14)9-4-3-5-10(13)8-9/h3-5,8H,6-7,14H2,1-2H3,(H,15,16). The molecule has 0 radical (unpaired) electrons. The molecule has 3 nitrogen and oxygen atoms in total. The van der Waals surface area contributed by atoms with Crippen LogP contribution in [0.5, 0.6) is 0 Å². The van der Waals surface area contributed by atoms with E-state index in [4.69, 9.17) is 5.73 Å². The average molecular weight is 285 g/mol. The molecule has 88 valence electrons. The van der Waals surface area contributed by atoms with Crippen molar-refractivity contribution >= 4 is 21.8 Å². The molecule has 0 aliphatic rings. The summed E-state index contributed by atoms with van der Waals surface area (Å²) in [7, 11) is 0. The highest BCUT2D eigenvalue weighted by molar-refractivity contribution is 9.10. The Bertz CT molecular complexity index is 377. The molecule has 0 bridgehead atoms. The van der Waals surface area contributed by atoms with Gasteiger partial charge in [-0.1, -0.05) is 28.1 Å². The molecular weight excluding hydrogens is 268 g/mol. The molecule has 0 aliphatic heterocycles. The van der Waals surface area contributed by atoms with Gasteiger partial charge >= 0.3 is 0 Å². The molecule has 3 N–H and O–H groups in total. The number of halogens is 1. The van der Waals surface area contributed by atoms with Gasteiger partial charge in [0.1, 0.15) is 0 Å². The molecule has 4 heteroatoms. The lowest BCUT2D eigenvalue weighted by molar-refractivity contribution is -0.125. The molecular formula is C12H17BrN2O. The molecule has 0 aromatic heterocycles. The third kappa shape index (κ3) is 3.06. The van der Waals surface area contributed by atoms with E-state index in [1.807, 2.05) is 38.1 Å². The highest BCUT2D eigenvalue weighted by Gasteiger charge is 2.29. The van der Waals surface area contributed by atoms with Crippen molar-refractivity contribution < 1.29 is 4.79 Å². The lowest BCUT2D eigenvalue weighted by Gasteiger charge is -2.24. The summed E-state index contributed by atoms with van der Waals surface area (Å²) in [6.07, 6.45) is 0. The van der Waals surface area contributed by atoms with Crippen molar-refractivity contribution in [3.05, 3.63) is 34.3 Å². The molecule has 1 aromatic rings. The number of hydrogen-bond acceptors (Lipinski definition) is 2. The number of nitrogens with two attached hydrogens (primary N) is 1. The summed E-state index contributed by atoms with van der Waals surface area (Å²) in [5.41, 5.74) is 5.80. The van der Waals surface area contributed by atoms with Gasteiger partial charge in [0.25, 0.3) is 0 Å². The highest BCUT2D eigenvalue weighted by atomic mass is 79.9. The maximum absolute atomic E-state index is 12.0. The van der Waals surface area contributed by atoms with Crippen LogP contribution in [0.25, 0.3) is 0 Å². The number of amides is 1.